The second-order valence-corrected chi connectivity index (χ2v) is 6.29. The number of rotatable bonds is 3. The summed E-state index contributed by atoms with van der Waals surface area (Å²) in [6.07, 6.45) is 3.96. The van der Waals surface area contributed by atoms with E-state index in [1.54, 1.807) is 42.8 Å². The molecule has 0 unspecified atom stereocenters. The standard InChI is InChI=1S/C16H14BrFN4O2/c1-9(2)24-16(23)20-11-6-19-15-21-14(8-22(15)7-11)12-5-10(17)3-4-13(12)18/h3-9H,1-2H3,(H,20,23). The number of carbonyl (C=O) groups excluding carboxylic acids is 1. The van der Waals surface area contributed by atoms with Crippen LogP contribution in [0.25, 0.3) is 17.0 Å². The number of aromatic nitrogens is 3. The number of amides is 1. The van der Waals surface area contributed by atoms with Gasteiger partial charge in [-0.3, -0.25) is 9.72 Å². The van der Waals surface area contributed by atoms with Crippen LogP contribution in [0.4, 0.5) is 14.9 Å². The Morgan fingerprint density at radius 1 is 1.38 bits per heavy atom. The number of halogens is 2. The molecule has 0 saturated heterocycles. The van der Waals surface area contributed by atoms with E-state index in [2.05, 4.69) is 31.2 Å². The Balaban J connectivity index is 1.92. The first-order valence-corrected chi connectivity index (χ1v) is 7.99. The Morgan fingerprint density at radius 3 is 2.92 bits per heavy atom. The van der Waals surface area contributed by atoms with Crippen LogP contribution in [-0.2, 0) is 4.74 Å². The van der Waals surface area contributed by atoms with Crippen molar-refractivity contribution in [1.82, 2.24) is 14.4 Å². The lowest BCUT2D eigenvalue weighted by Gasteiger charge is -2.09. The molecule has 0 saturated carbocycles. The van der Waals surface area contributed by atoms with Crippen LogP contribution in [0.5, 0.6) is 0 Å². The highest BCUT2D eigenvalue weighted by Gasteiger charge is 2.12. The molecule has 3 rings (SSSR count). The molecule has 0 aliphatic carbocycles. The van der Waals surface area contributed by atoms with E-state index in [0.29, 0.717) is 22.7 Å². The Kier molecular flexibility index (Phi) is 4.48. The van der Waals surface area contributed by atoms with Crippen LogP contribution in [0.3, 0.4) is 0 Å². The molecule has 8 heteroatoms. The lowest BCUT2D eigenvalue weighted by Crippen LogP contribution is -2.18. The fraction of sp³-hybridized carbons (Fsp3) is 0.188. The molecule has 2 heterocycles. The van der Waals surface area contributed by atoms with Crippen molar-refractivity contribution in [3.8, 4) is 11.3 Å². The molecule has 6 nitrogen and oxygen atoms in total. The smallest absolute Gasteiger partial charge is 0.411 e. The predicted molar refractivity (Wildman–Crippen MR) is 91.3 cm³/mol. The minimum absolute atomic E-state index is 0.221. The molecule has 0 spiro atoms. The van der Waals surface area contributed by atoms with Gasteiger partial charge in [0.2, 0.25) is 5.78 Å². The first kappa shape index (κ1) is 16.4. The van der Waals surface area contributed by atoms with Crippen molar-refractivity contribution >= 4 is 33.5 Å². The normalized spacial score (nSPS) is 11.0. The van der Waals surface area contributed by atoms with Gasteiger partial charge in [0.15, 0.2) is 0 Å². The quantitative estimate of drug-likeness (QED) is 0.722. The van der Waals surface area contributed by atoms with Gasteiger partial charge in [-0.1, -0.05) is 15.9 Å². The Hall–Kier alpha value is -2.48. The molecular weight excluding hydrogens is 379 g/mol. The third-order valence-electron chi connectivity index (χ3n) is 3.10. The van der Waals surface area contributed by atoms with Crippen LogP contribution < -0.4 is 5.32 Å². The summed E-state index contributed by atoms with van der Waals surface area (Å²) in [6, 6.07) is 4.64. The zero-order valence-corrected chi connectivity index (χ0v) is 14.5. The molecule has 0 aliphatic rings. The molecule has 0 bridgehead atoms. The lowest BCUT2D eigenvalue weighted by atomic mass is 10.1. The van der Waals surface area contributed by atoms with E-state index < -0.39 is 6.09 Å². The number of carbonyl (C=O) groups is 1. The molecule has 1 aromatic carbocycles. The number of ether oxygens (including phenoxy) is 1. The van der Waals surface area contributed by atoms with E-state index in [1.807, 2.05) is 0 Å². The van der Waals surface area contributed by atoms with Crippen LogP contribution >= 0.6 is 15.9 Å². The first-order valence-electron chi connectivity index (χ1n) is 7.20. The first-order chi connectivity index (χ1) is 11.4. The van der Waals surface area contributed by atoms with Gasteiger partial charge < -0.3 is 4.74 Å². The molecule has 2 aromatic heterocycles. The average Bonchev–Trinajstić information content (AvgIpc) is 2.91. The molecule has 0 aliphatic heterocycles. The fourth-order valence-electron chi connectivity index (χ4n) is 2.13. The van der Waals surface area contributed by atoms with Gasteiger partial charge in [-0.25, -0.2) is 19.2 Å². The maximum atomic E-state index is 14.0. The lowest BCUT2D eigenvalue weighted by molar-refractivity contribution is 0.130. The predicted octanol–water partition coefficient (Wildman–Crippen LogP) is 4.25. The highest BCUT2D eigenvalue weighted by atomic mass is 79.9. The Labute approximate surface area is 145 Å². The Bertz CT molecular complexity index is 910. The van der Waals surface area contributed by atoms with E-state index in [9.17, 15) is 9.18 Å². The largest absolute Gasteiger partial charge is 0.447 e. The second kappa shape index (κ2) is 6.56. The van der Waals surface area contributed by atoms with Crippen LogP contribution in [0.15, 0.2) is 41.3 Å². The summed E-state index contributed by atoms with van der Waals surface area (Å²) < 4.78 is 21.4. The third kappa shape index (κ3) is 3.53. The summed E-state index contributed by atoms with van der Waals surface area (Å²) in [5.41, 5.74) is 1.26. The molecule has 0 fully saturated rings. The number of imidazole rings is 1. The zero-order valence-electron chi connectivity index (χ0n) is 13.0. The number of nitrogens with zero attached hydrogens (tertiary/aromatic N) is 3. The summed E-state index contributed by atoms with van der Waals surface area (Å²) in [7, 11) is 0. The Morgan fingerprint density at radius 2 is 2.17 bits per heavy atom. The van der Waals surface area contributed by atoms with Crippen molar-refractivity contribution < 1.29 is 13.9 Å². The fourth-order valence-corrected chi connectivity index (χ4v) is 2.50. The van der Waals surface area contributed by atoms with Gasteiger partial charge in [0, 0.05) is 22.4 Å². The van der Waals surface area contributed by atoms with Crippen molar-refractivity contribution in [3.63, 3.8) is 0 Å². The number of anilines is 1. The van der Waals surface area contributed by atoms with Crippen molar-refractivity contribution in [3.05, 3.63) is 47.1 Å². The second-order valence-electron chi connectivity index (χ2n) is 5.38. The molecule has 1 amide bonds. The average molecular weight is 393 g/mol. The monoisotopic (exact) mass is 392 g/mol. The van der Waals surface area contributed by atoms with Crippen molar-refractivity contribution in [1.29, 1.82) is 0 Å². The van der Waals surface area contributed by atoms with Gasteiger partial charge >= 0.3 is 6.09 Å². The summed E-state index contributed by atoms with van der Waals surface area (Å²) >= 11 is 3.32. The van der Waals surface area contributed by atoms with Crippen LogP contribution in [0.1, 0.15) is 13.8 Å². The summed E-state index contributed by atoms with van der Waals surface area (Å²) in [5.74, 6) is 0.0209. The topological polar surface area (TPSA) is 68.5 Å². The van der Waals surface area contributed by atoms with Gasteiger partial charge in [0.05, 0.1) is 23.7 Å². The molecule has 124 valence electrons. The highest BCUT2D eigenvalue weighted by Crippen LogP contribution is 2.26. The molecular formula is C16H14BrFN4O2. The third-order valence-corrected chi connectivity index (χ3v) is 3.60. The maximum Gasteiger partial charge on any atom is 0.411 e. The molecule has 1 N–H and O–H groups in total. The van der Waals surface area contributed by atoms with Gasteiger partial charge in [-0.2, -0.15) is 0 Å². The minimum Gasteiger partial charge on any atom is -0.447 e. The van der Waals surface area contributed by atoms with E-state index in [0.717, 1.165) is 4.47 Å². The van der Waals surface area contributed by atoms with Crippen LogP contribution in [-0.4, -0.2) is 26.6 Å². The summed E-state index contributed by atoms with van der Waals surface area (Å²) in [5, 5.41) is 2.58. The minimum atomic E-state index is -0.565. The zero-order chi connectivity index (χ0) is 17.3. The number of hydrogen-bond acceptors (Lipinski definition) is 4. The van der Waals surface area contributed by atoms with Crippen molar-refractivity contribution in [2.24, 2.45) is 0 Å². The number of benzene rings is 1. The summed E-state index contributed by atoms with van der Waals surface area (Å²) in [6.45, 7) is 3.52. The van der Waals surface area contributed by atoms with Gasteiger partial charge in [-0.15, -0.1) is 0 Å². The number of nitrogens with one attached hydrogen (secondary N) is 1. The van der Waals surface area contributed by atoms with E-state index in [4.69, 9.17) is 4.74 Å². The summed E-state index contributed by atoms with van der Waals surface area (Å²) in [4.78, 5) is 20.1. The van der Waals surface area contributed by atoms with Crippen molar-refractivity contribution in [2.75, 3.05) is 5.32 Å². The van der Waals surface area contributed by atoms with Crippen LogP contribution in [0, 0.1) is 5.82 Å². The molecule has 0 atom stereocenters. The highest BCUT2D eigenvalue weighted by molar-refractivity contribution is 9.10. The number of fused-ring (bicyclic) bond motifs is 1. The van der Waals surface area contributed by atoms with Crippen LogP contribution in [0.2, 0.25) is 0 Å². The van der Waals surface area contributed by atoms with Crippen molar-refractivity contribution in [2.45, 2.75) is 20.0 Å². The number of hydrogen-bond donors (Lipinski definition) is 1. The molecule has 3 aromatic rings. The van der Waals surface area contributed by atoms with E-state index in [1.165, 1.54) is 12.3 Å². The molecule has 0 radical (unpaired) electrons. The van der Waals surface area contributed by atoms with Gasteiger partial charge in [0.25, 0.3) is 0 Å². The van der Waals surface area contributed by atoms with Gasteiger partial charge in [0.1, 0.15) is 5.82 Å². The van der Waals surface area contributed by atoms with Gasteiger partial charge in [-0.05, 0) is 32.0 Å². The SMILES string of the molecule is CC(C)OC(=O)Nc1cnc2nc(-c3cc(Br)ccc3F)cn2c1. The van der Waals surface area contributed by atoms with E-state index in [-0.39, 0.29) is 11.9 Å². The molecule has 24 heavy (non-hydrogen) atoms. The maximum absolute atomic E-state index is 14.0. The van der Waals surface area contributed by atoms with E-state index >= 15 is 0 Å².